The number of aliphatic hydroxyl groups excluding tert-OH is 1. The summed E-state index contributed by atoms with van der Waals surface area (Å²) in [6.45, 7) is 4.05. The van der Waals surface area contributed by atoms with Gasteiger partial charge in [0.1, 0.15) is 6.61 Å². The fourth-order valence-corrected chi connectivity index (χ4v) is 9.73. The van der Waals surface area contributed by atoms with Crippen molar-refractivity contribution in [2.24, 2.45) is 0 Å². The van der Waals surface area contributed by atoms with E-state index in [1.165, 1.54) is 231 Å². The van der Waals surface area contributed by atoms with Crippen LogP contribution in [0.1, 0.15) is 335 Å². The van der Waals surface area contributed by atoms with Crippen molar-refractivity contribution in [1.29, 1.82) is 0 Å². The summed E-state index contributed by atoms with van der Waals surface area (Å²) >= 11 is 0. The van der Waals surface area contributed by atoms with Gasteiger partial charge in [-0.25, -0.2) is 0 Å². The first-order valence-corrected chi connectivity index (χ1v) is 33.1. The zero-order valence-electron chi connectivity index (χ0n) is 50.5. The predicted molar refractivity (Wildman–Crippen MR) is 334 cm³/mol. The van der Waals surface area contributed by atoms with E-state index in [2.05, 4.69) is 98.9 Å². The lowest BCUT2D eigenvalue weighted by Crippen LogP contribution is -2.28. The van der Waals surface area contributed by atoms with Crippen molar-refractivity contribution in [3.05, 3.63) is 85.1 Å². The molecule has 0 heterocycles. The number of allylic oxidation sites excluding steroid dienone is 14. The van der Waals surface area contributed by atoms with Gasteiger partial charge in [-0.2, -0.15) is 0 Å². The molecule has 1 unspecified atom stereocenters. The van der Waals surface area contributed by atoms with Crippen molar-refractivity contribution in [3.8, 4) is 0 Å². The van der Waals surface area contributed by atoms with Crippen molar-refractivity contribution in [3.63, 3.8) is 0 Å². The Morgan fingerprint density at radius 2 is 0.566 bits per heavy atom. The average Bonchev–Trinajstić information content (AvgIpc) is 3.42. The van der Waals surface area contributed by atoms with Gasteiger partial charge in [-0.3, -0.25) is 9.59 Å². The molecular formula is C71H126O5. The highest BCUT2D eigenvalue weighted by Gasteiger charge is 2.16. The topological polar surface area (TPSA) is 72.8 Å². The van der Waals surface area contributed by atoms with E-state index < -0.39 is 6.10 Å². The van der Waals surface area contributed by atoms with Crippen LogP contribution in [0.4, 0.5) is 0 Å². The van der Waals surface area contributed by atoms with Crippen molar-refractivity contribution in [2.45, 2.75) is 341 Å². The third kappa shape index (κ3) is 63.6. The summed E-state index contributed by atoms with van der Waals surface area (Å²) in [5.41, 5.74) is 0. The van der Waals surface area contributed by atoms with Crippen molar-refractivity contribution < 1.29 is 24.2 Å². The fraction of sp³-hybridized carbons (Fsp3) is 0.775. The molecule has 0 aliphatic heterocycles. The highest BCUT2D eigenvalue weighted by molar-refractivity contribution is 5.70. The third-order valence-corrected chi connectivity index (χ3v) is 14.7. The Morgan fingerprint density at radius 3 is 0.855 bits per heavy atom. The number of carbonyl (C=O) groups is 2. The largest absolute Gasteiger partial charge is 0.462 e. The zero-order valence-corrected chi connectivity index (χ0v) is 50.5. The third-order valence-electron chi connectivity index (χ3n) is 14.7. The minimum Gasteiger partial charge on any atom is -0.462 e. The van der Waals surface area contributed by atoms with Crippen LogP contribution >= 0.6 is 0 Å². The molecule has 0 bridgehead atoms. The van der Waals surface area contributed by atoms with Crippen LogP contribution in [0.25, 0.3) is 0 Å². The lowest BCUT2D eigenvalue weighted by molar-refractivity contribution is -0.161. The van der Waals surface area contributed by atoms with Crippen molar-refractivity contribution in [1.82, 2.24) is 0 Å². The van der Waals surface area contributed by atoms with Crippen LogP contribution in [0.2, 0.25) is 0 Å². The summed E-state index contributed by atoms with van der Waals surface area (Å²) in [7, 11) is 0. The fourth-order valence-electron chi connectivity index (χ4n) is 9.73. The zero-order chi connectivity index (χ0) is 54.8. The van der Waals surface area contributed by atoms with E-state index in [4.69, 9.17) is 9.47 Å². The number of rotatable bonds is 61. The minimum absolute atomic E-state index is 0.0643. The predicted octanol–water partition coefficient (Wildman–Crippen LogP) is 22.9. The van der Waals surface area contributed by atoms with E-state index in [0.29, 0.717) is 12.8 Å². The van der Waals surface area contributed by atoms with E-state index in [0.717, 1.165) is 77.0 Å². The van der Waals surface area contributed by atoms with Crippen LogP contribution in [0.3, 0.4) is 0 Å². The molecule has 0 aromatic carbocycles. The first-order valence-electron chi connectivity index (χ1n) is 33.1. The van der Waals surface area contributed by atoms with Gasteiger partial charge in [-0.15, -0.1) is 0 Å². The monoisotopic (exact) mass is 1060 g/mol. The van der Waals surface area contributed by atoms with E-state index in [-0.39, 0.29) is 25.2 Å². The van der Waals surface area contributed by atoms with Gasteiger partial charge < -0.3 is 14.6 Å². The molecule has 0 aromatic rings. The summed E-state index contributed by atoms with van der Waals surface area (Å²) in [4.78, 5) is 24.6. The van der Waals surface area contributed by atoms with E-state index in [1.54, 1.807) is 0 Å². The summed E-state index contributed by atoms with van der Waals surface area (Å²) in [5.74, 6) is -0.577. The van der Waals surface area contributed by atoms with E-state index in [9.17, 15) is 14.7 Å². The van der Waals surface area contributed by atoms with Crippen molar-refractivity contribution >= 4 is 11.9 Å². The van der Waals surface area contributed by atoms with Crippen LogP contribution in [0, 0.1) is 0 Å². The van der Waals surface area contributed by atoms with Crippen LogP contribution in [0.15, 0.2) is 85.1 Å². The quantitative estimate of drug-likeness (QED) is 0.0373. The molecule has 0 aromatic heterocycles. The molecular weight excluding hydrogens is 933 g/mol. The standard InChI is InChI=1S/C71H126O5/c1-3-5-7-9-11-13-15-17-19-21-23-25-27-29-30-31-32-33-34-35-36-37-38-39-40-42-44-46-48-50-52-54-56-58-60-62-64-66-71(74)76-69(67-72)68-75-70(73)65-63-61-59-57-55-53-51-49-47-45-43-41-28-26-24-22-20-18-16-14-12-10-8-6-4-2/h5,7,11,13,16-19,22-25,29-30,69,72H,3-4,6,8-10,12,14-15,20-21,26-28,31-68H2,1-2H3/b7-5-,13-11-,18-16-,19-17-,24-22-,25-23-,30-29-. The van der Waals surface area contributed by atoms with Crippen molar-refractivity contribution in [2.75, 3.05) is 13.2 Å². The van der Waals surface area contributed by atoms with Gasteiger partial charge in [0.15, 0.2) is 6.10 Å². The van der Waals surface area contributed by atoms with Crippen LogP contribution < -0.4 is 0 Å². The molecule has 0 amide bonds. The highest BCUT2D eigenvalue weighted by atomic mass is 16.6. The molecule has 0 fully saturated rings. The smallest absolute Gasteiger partial charge is 0.306 e. The lowest BCUT2D eigenvalue weighted by atomic mass is 10.0. The maximum atomic E-state index is 12.4. The second-order valence-corrected chi connectivity index (χ2v) is 22.2. The summed E-state index contributed by atoms with van der Waals surface area (Å²) in [6, 6.07) is 0. The summed E-state index contributed by atoms with van der Waals surface area (Å²) in [5, 5.41) is 9.69. The molecule has 0 aliphatic carbocycles. The molecule has 0 spiro atoms. The Balaban J connectivity index is 3.43. The normalized spacial score (nSPS) is 12.7. The number of aliphatic hydroxyl groups is 1. The van der Waals surface area contributed by atoms with Gasteiger partial charge in [0, 0.05) is 12.8 Å². The molecule has 0 aliphatic rings. The average molecular weight is 1060 g/mol. The summed E-state index contributed by atoms with van der Waals surface area (Å²) in [6.07, 6.45) is 93.1. The molecule has 5 heteroatoms. The van der Waals surface area contributed by atoms with Gasteiger partial charge in [-0.05, 0) is 89.9 Å². The van der Waals surface area contributed by atoms with Crippen LogP contribution in [-0.2, 0) is 19.1 Å². The molecule has 0 rings (SSSR count). The first-order chi connectivity index (χ1) is 37.6. The van der Waals surface area contributed by atoms with Gasteiger partial charge in [0.05, 0.1) is 6.61 Å². The minimum atomic E-state index is -0.774. The molecule has 0 saturated heterocycles. The van der Waals surface area contributed by atoms with E-state index in [1.807, 2.05) is 0 Å². The molecule has 0 radical (unpaired) electrons. The maximum absolute atomic E-state index is 12.4. The maximum Gasteiger partial charge on any atom is 0.306 e. The SMILES string of the molecule is CC/C=C\C/C=C\C/C=C\C/C=C\C/C=C\CCCCCCCCCCCCCCCCCCCCCCCC(=O)OC(CO)COC(=O)CCCCCCCCCCCCCCC/C=C\C/C=C\CCCCCCC. The number of hydrogen-bond donors (Lipinski definition) is 1. The lowest BCUT2D eigenvalue weighted by Gasteiger charge is -2.15. The second-order valence-electron chi connectivity index (χ2n) is 22.2. The van der Waals surface area contributed by atoms with Gasteiger partial charge >= 0.3 is 11.9 Å². The molecule has 1 atom stereocenters. The molecule has 76 heavy (non-hydrogen) atoms. The number of unbranched alkanes of at least 4 members (excludes halogenated alkanes) is 39. The van der Waals surface area contributed by atoms with Gasteiger partial charge in [-0.1, -0.05) is 317 Å². The number of carbonyl (C=O) groups excluding carboxylic acids is 2. The van der Waals surface area contributed by atoms with Crippen LogP contribution in [-0.4, -0.2) is 36.4 Å². The Labute approximate surface area is 473 Å². The Morgan fingerprint density at radius 1 is 0.316 bits per heavy atom. The second kappa shape index (κ2) is 66.4. The molecule has 0 saturated carbocycles. The van der Waals surface area contributed by atoms with E-state index >= 15 is 0 Å². The Bertz CT molecular complexity index is 1380. The highest BCUT2D eigenvalue weighted by Crippen LogP contribution is 2.18. The van der Waals surface area contributed by atoms with Gasteiger partial charge in [0.2, 0.25) is 0 Å². The Hall–Kier alpha value is -2.92. The molecule has 5 nitrogen and oxygen atoms in total. The number of esters is 2. The molecule has 1 N–H and O–H groups in total. The van der Waals surface area contributed by atoms with Gasteiger partial charge in [0.25, 0.3) is 0 Å². The number of ether oxygens (including phenoxy) is 2. The van der Waals surface area contributed by atoms with Crippen LogP contribution in [0.5, 0.6) is 0 Å². The number of hydrogen-bond acceptors (Lipinski definition) is 5. The Kier molecular flexibility index (Phi) is 63.8. The summed E-state index contributed by atoms with van der Waals surface area (Å²) < 4.78 is 10.7. The molecule has 440 valence electrons. The first kappa shape index (κ1) is 73.1.